The maximum absolute atomic E-state index is 11.9. The second-order valence-electron chi connectivity index (χ2n) is 6.65. The zero-order chi connectivity index (χ0) is 12.4. The second kappa shape index (κ2) is 5.20. The Morgan fingerprint density at radius 1 is 1.17 bits per heavy atom. The van der Waals surface area contributed by atoms with Crippen LogP contribution < -0.4 is 10.6 Å². The highest BCUT2D eigenvalue weighted by molar-refractivity contribution is 5.75. The molecule has 0 unspecified atom stereocenters. The van der Waals surface area contributed by atoms with Gasteiger partial charge < -0.3 is 10.6 Å². The first kappa shape index (κ1) is 12.5. The van der Waals surface area contributed by atoms with Gasteiger partial charge in [0.05, 0.1) is 0 Å². The predicted octanol–water partition coefficient (Wildman–Crippen LogP) is 2.07. The molecule has 2 aliphatic carbocycles. The molecule has 1 saturated heterocycles. The quantitative estimate of drug-likeness (QED) is 0.758. The fourth-order valence-electron chi connectivity index (χ4n) is 3.45. The van der Waals surface area contributed by atoms with Crippen LogP contribution in [0.3, 0.4) is 0 Å². The van der Waals surface area contributed by atoms with Gasteiger partial charge in [-0.15, -0.1) is 0 Å². The standard InChI is InChI=1S/C15H26N2O/c18-14(4-1-12-5-9-16-10-6-12)17-11-15(7-8-15)13-2-3-13/h12-13,16H,1-11H2,(H,17,18). The van der Waals surface area contributed by atoms with E-state index >= 15 is 0 Å². The summed E-state index contributed by atoms with van der Waals surface area (Å²) in [4.78, 5) is 11.9. The average Bonchev–Trinajstić information content (AvgIpc) is 3.28. The topological polar surface area (TPSA) is 41.1 Å². The molecule has 0 bridgehead atoms. The minimum atomic E-state index is 0.292. The number of piperidine rings is 1. The Hall–Kier alpha value is -0.570. The molecule has 0 atom stereocenters. The van der Waals surface area contributed by atoms with E-state index in [0.29, 0.717) is 11.3 Å². The fourth-order valence-corrected chi connectivity index (χ4v) is 3.45. The van der Waals surface area contributed by atoms with Gasteiger partial charge in [0.2, 0.25) is 5.91 Å². The molecule has 0 aromatic carbocycles. The molecular weight excluding hydrogens is 224 g/mol. The van der Waals surface area contributed by atoms with E-state index in [0.717, 1.165) is 44.3 Å². The Balaban J connectivity index is 1.32. The zero-order valence-corrected chi connectivity index (χ0v) is 11.3. The third-order valence-electron chi connectivity index (χ3n) is 5.21. The van der Waals surface area contributed by atoms with Crippen LogP contribution in [0.4, 0.5) is 0 Å². The van der Waals surface area contributed by atoms with Crippen molar-refractivity contribution in [1.29, 1.82) is 0 Å². The average molecular weight is 250 g/mol. The van der Waals surface area contributed by atoms with Gasteiger partial charge in [-0.05, 0) is 75.3 Å². The van der Waals surface area contributed by atoms with E-state index in [4.69, 9.17) is 0 Å². The lowest BCUT2D eigenvalue weighted by Gasteiger charge is -2.22. The van der Waals surface area contributed by atoms with Crippen LogP contribution in [0.2, 0.25) is 0 Å². The van der Waals surface area contributed by atoms with Crippen molar-refractivity contribution in [2.45, 2.75) is 51.4 Å². The van der Waals surface area contributed by atoms with Crippen molar-refractivity contribution in [1.82, 2.24) is 10.6 Å². The van der Waals surface area contributed by atoms with Crippen LogP contribution in [-0.4, -0.2) is 25.5 Å². The lowest BCUT2D eigenvalue weighted by Crippen LogP contribution is -2.32. The number of carbonyl (C=O) groups is 1. The summed E-state index contributed by atoms with van der Waals surface area (Å²) in [5.74, 6) is 2.01. The van der Waals surface area contributed by atoms with Crippen molar-refractivity contribution in [3.63, 3.8) is 0 Å². The van der Waals surface area contributed by atoms with E-state index in [1.165, 1.54) is 38.5 Å². The van der Waals surface area contributed by atoms with Gasteiger partial charge in [-0.1, -0.05) is 0 Å². The van der Waals surface area contributed by atoms with Crippen LogP contribution in [0.1, 0.15) is 51.4 Å². The summed E-state index contributed by atoms with van der Waals surface area (Å²) in [6, 6.07) is 0. The molecule has 3 fully saturated rings. The summed E-state index contributed by atoms with van der Waals surface area (Å²) in [5.41, 5.74) is 0.546. The molecule has 1 amide bonds. The van der Waals surface area contributed by atoms with Crippen LogP contribution in [0, 0.1) is 17.3 Å². The molecular formula is C15H26N2O. The monoisotopic (exact) mass is 250 g/mol. The molecule has 3 nitrogen and oxygen atoms in total. The van der Waals surface area contributed by atoms with Gasteiger partial charge in [-0.25, -0.2) is 0 Å². The van der Waals surface area contributed by atoms with Crippen LogP contribution in [-0.2, 0) is 4.79 Å². The lowest BCUT2D eigenvalue weighted by atomic mass is 9.93. The SMILES string of the molecule is O=C(CCC1CCNCC1)NCC1(C2CC2)CC1. The van der Waals surface area contributed by atoms with Crippen LogP contribution >= 0.6 is 0 Å². The van der Waals surface area contributed by atoms with Crippen molar-refractivity contribution in [2.24, 2.45) is 17.3 Å². The van der Waals surface area contributed by atoms with E-state index in [2.05, 4.69) is 10.6 Å². The van der Waals surface area contributed by atoms with Gasteiger partial charge in [-0.3, -0.25) is 4.79 Å². The van der Waals surface area contributed by atoms with Crippen molar-refractivity contribution >= 4 is 5.91 Å². The van der Waals surface area contributed by atoms with E-state index in [-0.39, 0.29) is 0 Å². The largest absolute Gasteiger partial charge is 0.356 e. The van der Waals surface area contributed by atoms with E-state index < -0.39 is 0 Å². The summed E-state index contributed by atoms with van der Waals surface area (Å²) in [5, 5.41) is 6.57. The third kappa shape index (κ3) is 3.05. The Morgan fingerprint density at radius 2 is 1.89 bits per heavy atom. The van der Waals surface area contributed by atoms with Crippen molar-refractivity contribution < 1.29 is 4.79 Å². The number of hydrogen-bond acceptors (Lipinski definition) is 2. The molecule has 2 N–H and O–H groups in total. The Morgan fingerprint density at radius 3 is 2.50 bits per heavy atom. The molecule has 2 saturated carbocycles. The molecule has 3 heteroatoms. The number of hydrogen-bond donors (Lipinski definition) is 2. The van der Waals surface area contributed by atoms with Gasteiger partial charge in [-0.2, -0.15) is 0 Å². The summed E-state index contributed by atoms with van der Waals surface area (Å²) in [6.45, 7) is 3.23. The number of rotatable bonds is 6. The van der Waals surface area contributed by atoms with Crippen molar-refractivity contribution in [3.05, 3.63) is 0 Å². The van der Waals surface area contributed by atoms with Crippen molar-refractivity contribution in [2.75, 3.05) is 19.6 Å². The molecule has 3 aliphatic rings. The van der Waals surface area contributed by atoms with Gasteiger partial charge in [0.1, 0.15) is 0 Å². The number of amides is 1. The molecule has 1 aliphatic heterocycles. The predicted molar refractivity (Wildman–Crippen MR) is 72.2 cm³/mol. The minimum absolute atomic E-state index is 0.292. The van der Waals surface area contributed by atoms with Crippen LogP contribution in [0.25, 0.3) is 0 Å². The molecule has 0 spiro atoms. The van der Waals surface area contributed by atoms with Gasteiger partial charge >= 0.3 is 0 Å². The second-order valence-corrected chi connectivity index (χ2v) is 6.65. The first-order valence-electron chi connectivity index (χ1n) is 7.76. The molecule has 0 aromatic heterocycles. The van der Waals surface area contributed by atoms with Gasteiger partial charge in [0, 0.05) is 13.0 Å². The first-order chi connectivity index (χ1) is 8.78. The third-order valence-corrected chi connectivity index (χ3v) is 5.21. The fraction of sp³-hybridized carbons (Fsp3) is 0.933. The Kier molecular flexibility index (Phi) is 3.60. The molecule has 102 valence electrons. The van der Waals surface area contributed by atoms with Crippen LogP contribution in [0.15, 0.2) is 0 Å². The van der Waals surface area contributed by atoms with E-state index in [1.807, 2.05) is 0 Å². The van der Waals surface area contributed by atoms with Gasteiger partial charge in [0.25, 0.3) is 0 Å². The normalized spacial score (nSPS) is 26.9. The number of carbonyl (C=O) groups excluding carboxylic acids is 1. The summed E-state index contributed by atoms with van der Waals surface area (Å²) >= 11 is 0. The molecule has 1 heterocycles. The van der Waals surface area contributed by atoms with Gasteiger partial charge in [0.15, 0.2) is 0 Å². The highest BCUT2D eigenvalue weighted by Crippen LogP contribution is 2.60. The minimum Gasteiger partial charge on any atom is -0.356 e. The van der Waals surface area contributed by atoms with E-state index in [1.54, 1.807) is 0 Å². The Labute approximate surface area is 110 Å². The zero-order valence-electron chi connectivity index (χ0n) is 11.3. The molecule has 3 rings (SSSR count). The summed E-state index contributed by atoms with van der Waals surface area (Å²) in [7, 11) is 0. The molecule has 18 heavy (non-hydrogen) atoms. The van der Waals surface area contributed by atoms with Crippen LogP contribution in [0.5, 0.6) is 0 Å². The smallest absolute Gasteiger partial charge is 0.220 e. The lowest BCUT2D eigenvalue weighted by molar-refractivity contribution is -0.121. The number of nitrogens with one attached hydrogen (secondary N) is 2. The van der Waals surface area contributed by atoms with E-state index in [9.17, 15) is 4.79 Å². The Bertz CT molecular complexity index is 302. The molecule has 0 radical (unpaired) electrons. The molecule has 0 aromatic rings. The first-order valence-corrected chi connectivity index (χ1v) is 7.76. The van der Waals surface area contributed by atoms with Crippen molar-refractivity contribution in [3.8, 4) is 0 Å². The summed E-state index contributed by atoms with van der Waals surface area (Å²) < 4.78 is 0. The maximum Gasteiger partial charge on any atom is 0.220 e. The maximum atomic E-state index is 11.9. The summed E-state index contributed by atoms with van der Waals surface area (Å²) in [6.07, 6.45) is 9.85. The highest BCUT2D eigenvalue weighted by Gasteiger charge is 2.53. The highest BCUT2D eigenvalue weighted by atomic mass is 16.1.